The van der Waals surface area contributed by atoms with Gasteiger partial charge >= 0.3 is 17.9 Å². The Bertz CT molecular complexity index is 854. The summed E-state index contributed by atoms with van der Waals surface area (Å²) in [4.78, 5) is 37.8. The number of carbonyl (C=O) groups excluding carboxylic acids is 3. The van der Waals surface area contributed by atoms with Gasteiger partial charge in [0.2, 0.25) is 0 Å². The predicted molar refractivity (Wildman–Crippen MR) is 238 cm³/mol. The Morgan fingerprint density at radius 2 is 0.589 bits per heavy atom. The molecule has 0 aromatic heterocycles. The van der Waals surface area contributed by atoms with Crippen LogP contribution in [0, 0.1) is 11.8 Å². The summed E-state index contributed by atoms with van der Waals surface area (Å²) >= 11 is 0. The van der Waals surface area contributed by atoms with Crippen molar-refractivity contribution < 1.29 is 28.6 Å². The van der Waals surface area contributed by atoms with Crippen molar-refractivity contribution in [3.63, 3.8) is 0 Å². The van der Waals surface area contributed by atoms with E-state index in [9.17, 15) is 14.4 Å². The second-order valence-corrected chi connectivity index (χ2v) is 18.1. The van der Waals surface area contributed by atoms with Gasteiger partial charge in [-0.1, -0.05) is 234 Å². The molecule has 0 aromatic carbocycles. The van der Waals surface area contributed by atoms with Gasteiger partial charge in [0.05, 0.1) is 0 Å². The van der Waals surface area contributed by atoms with Crippen LogP contribution < -0.4 is 0 Å². The fraction of sp³-hybridized carbons (Fsp3) is 0.940. The van der Waals surface area contributed by atoms with Crippen LogP contribution in [0.5, 0.6) is 0 Å². The van der Waals surface area contributed by atoms with Crippen molar-refractivity contribution in [1.82, 2.24) is 0 Å². The molecule has 0 heterocycles. The van der Waals surface area contributed by atoms with Gasteiger partial charge in [-0.25, -0.2) is 0 Å². The second-order valence-electron chi connectivity index (χ2n) is 18.1. The molecule has 0 bridgehead atoms. The molecule has 0 saturated carbocycles. The van der Waals surface area contributed by atoms with Crippen molar-refractivity contribution in [2.75, 3.05) is 13.2 Å². The Balaban J connectivity index is 4.30. The van der Waals surface area contributed by atoms with Crippen molar-refractivity contribution in [1.29, 1.82) is 0 Å². The first-order valence-electron chi connectivity index (χ1n) is 24.7. The lowest BCUT2D eigenvalue weighted by Gasteiger charge is -2.18. The summed E-state index contributed by atoms with van der Waals surface area (Å²) in [6.07, 6.45) is 42.4. The first kappa shape index (κ1) is 54.4. The van der Waals surface area contributed by atoms with E-state index >= 15 is 0 Å². The van der Waals surface area contributed by atoms with E-state index in [4.69, 9.17) is 14.2 Å². The van der Waals surface area contributed by atoms with Crippen molar-refractivity contribution in [2.24, 2.45) is 11.8 Å². The van der Waals surface area contributed by atoms with E-state index in [0.29, 0.717) is 19.3 Å². The van der Waals surface area contributed by atoms with E-state index in [2.05, 4.69) is 34.6 Å². The van der Waals surface area contributed by atoms with Crippen LogP contribution in [0.15, 0.2) is 0 Å². The number of hydrogen-bond acceptors (Lipinski definition) is 6. The molecule has 0 aromatic rings. The summed E-state index contributed by atoms with van der Waals surface area (Å²) in [6, 6.07) is 0. The zero-order chi connectivity index (χ0) is 41.2. The molecule has 0 rings (SSSR count). The highest BCUT2D eigenvalue weighted by molar-refractivity contribution is 5.71. The fourth-order valence-electron chi connectivity index (χ4n) is 7.46. The Morgan fingerprint density at radius 1 is 0.339 bits per heavy atom. The van der Waals surface area contributed by atoms with Gasteiger partial charge in [-0.2, -0.15) is 0 Å². The summed E-state index contributed by atoms with van der Waals surface area (Å²) in [5.41, 5.74) is 0. The molecule has 0 amide bonds. The van der Waals surface area contributed by atoms with Gasteiger partial charge < -0.3 is 14.2 Å². The highest BCUT2D eigenvalue weighted by Gasteiger charge is 2.19. The molecular formula is C50H96O6. The molecule has 6 nitrogen and oxygen atoms in total. The lowest BCUT2D eigenvalue weighted by atomic mass is 10.0. The van der Waals surface area contributed by atoms with E-state index in [0.717, 1.165) is 69.6 Å². The van der Waals surface area contributed by atoms with Gasteiger partial charge in [0.1, 0.15) is 13.2 Å². The van der Waals surface area contributed by atoms with Gasteiger partial charge in [-0.15, -0.1) is 0 Å². The molecule has 0 N–H and O–H groups in total. The highest BCUT2D eigenvalue weighted by Crippen LogP contribution is 2.17. The third kappa shape index (κ3) is 43.5. The SMILES string of the molecule is CCCCCCCCCCCCCCC(=O)OC[C@@H](COC(=O)CCCCCCCCCC(C)C)OC(=O)CCCCCCCCCCCCCCCC(C)C. The van der Waals surface area contributed by atoms with Crippen LogP contribution in [0.25, 0.3) is 0 Å². The Morgan fingerprint density at radius 3 is 0.875 bits per heavy atom. The summed E-state index contributed by atoms with van der Waals surface area (Å²) in [5.74, 6) is 0.766. The first-order valence-corrected chi connectivity index (χ1v) is 24.7. The normalized spacial score (nSPS) is 12.1. The summed E-state index contributed by atoms with van der Waals surface area (Å²) in [7, 11) is 0. The molecule has 1 atom stereocenters. The van der Waals surface area contributed by atoms with Crippen molar-refractivity contribution in [3.05, 3.63) is 0 Å². The summed E-state index contributed by atoms with van der Waals surface area (Å²) in [5, 5.41) is 0. The average molecular weight is 793 g/mol. The summed E-state index contributed by atoms with van der Waals surface area (Å²) < 4.78 is 16.8. The maximum Gasteiger partial charge on any atom is 0.306 e. The fourth-order valence-corrected chi connectivity index (χ4v) is 7.46. The second kappa shape index (κ2) is 43.0. The van der Waals surface area contributed by atoms with E-state index in [-0.39, 0.29) is 31.1 Å². The summed E-state index contributed by atoms with van der Waals surface area (Å²) in [6.45, 7) is 11.3. The quantitative estimate of drug-likeness (QED) is 0.0347. The first-order chi connectivity index (χ1) is 27.2. The van der Waals surface area contributed by atoms with Crippen LogP contribution in [0.2, 0.25) is 0 Å². The molecule has 0 aliphatic rings. The van der Waals surface area contributed by atoms with Gasteiger partial charge in [0.15, 0.2) is 6.10 Å². The zero-order valence-electron chi connectivity index (χ0n) is 38.3. The average Bonchev–Trinajstić information content (AvgIpc) is 3.16. The lowest BCUT2D eigenvalue weighted by molar-refractivity contribution is -0.167. The standard InChI is InChI=1S/C50H96O6/c1-6-7-8-9-10-11-12-17-20-25-30-35-40-48(51)54-43-47(44-55-49(52)41-36-31-27-22-24-29-34-39-46(4)5)56-50(53)42-37-32-26-21-18-15-13-14-16-19-23-28-33-38-45(2)3/h45-47H,6-44H2,1-5H3/t47-/m0/s1. The minimum absolute atomic E-state index is 0.0644. The topological polar surface area (TPSA) is 78.9 Å². The largest absolute Gasteiger partial charge is 0.462 e. The maximum absolute atomic E-state index is 12.8. The Labute approximate surface area is 348 Å². The third-order valence-corrected chi connectivity index (χ3v) is 11.2. The van der Waals surface area contributed by atoms with Crippen molar-refractivity contribution >= 4 is 17.9 Å². The van der Waals surface area contributed by atoms with Crippen LogP contribution in [0.3, 0.4) is 0 Å². The number of rotatable bonds is 44. The molecule has 0 spiro atoms. The number of ether oxygens (including phenoxy) is 3. The molecule has 0 unspecified atom stereocenters. The molecule has 0 aliphatic heterocycles. The van der Waals surface area contributed by atoms with Crippen LogP contribution in [0.4, 0.5) is 0 Å². The number of unbranched alkanes of at least 4 members (excludes halogenated alkanes) is 29. The van der Waals surface area contributed by atoms with Crippen molar-refractivity contribution in [2.45, 2.75) is 278 Å². The van der Waals surface area contributed by atoms with Crippen LogP contribution in [0.1, 0.15) is 272 Å². The monoisotopic (exact) mass is 793 g/mol. The van der Waals surface area contributed by atoms with Crippen LogP contribution >= 0.6 is 0 Å². The van der Waals surface area contributed by atoms with Crippen LogP contribution in [-0.4, -0.2) is 37.2 Å². The molecular weight excluding hydrogens is 697 g/mol. The number of hydrogen-bond donors (Lipinski definition) is 0. The van der Waals surface area contributed by atoms with Crippen molar-refractivity contribution in [3.8, 4) is 0 Å². The molecule has 56 heavy (non-hydrogen) atoms. The van der Waals surface area contributed by atoms with Gasteiger partial charge in [-0.3, -0.25) is 14.4 Å². The third-order valence-electron chi connectivity index (χ3n) is 11.2. The predicted octanol–water partition coefficient (Wildman–Crippen LogP) is 15.8. The zero-order valence-corrected chi connectivity index (χ0v) is 38.3. The number of esters is 3. The Kier molecular flexibility index (Phi) is 41.8. The molecule has 0 radical (unpaired) electrons. The molecule has 0 aliphatic carbocycles. The minimum atomic E-state index is -0.761. The molecule has 332 valence electrons. The van der Waals surface area contributed by atoms with Gasteiger partial charge in [0, 0.05) is 19.3 Å². The van der Waals surface area contributed by atoms with Gasteiger partial charge in [0.25, 0.3) is 0 Å². The molecule has 6 heteroatoms. The molecule has 0 saturated heterocycles. The van der Waals surface area contributed by atoms with E-state index in [1.807, 2.05) is 0 Å². The van der Waals surface area contributed by atoms with Gasteiger partial charge in [-0.05, 0) is 31.1 Å². The number of carbonyl (C=O) groups is 3. The maximum atomic E-state index is 12.8. The smallest absolute Gasteiger partial charge is 0.306 e. The molecule has 0 fully saturated rings. The van der Waals surface area contributed by atoms with E-state index in [1.165, 1.54) is 161 Å². The Hall–Kier alpha value is -1.59. The van der Waals surface area contributed by atoms with E-state index in [1.54, 1.807) is 0 Å². The minimum Gasteiger partial charge on any atom is -0.462 e. The highest BCUT2D eigenvalue weighted by atomic mass is 16.6. The lowest BCUT2D eigenvalue weighted by Crippen LogP contribution is -2.30. The van der Waals surface area contributed by atoms with E-state index < -0.39 is 6.10 Å². The van der Waals surface area contributed by atoms with Crippen LogP contribution in [-0.2, 0) is 28.6 Å².